The number of hydrogen-bond acceptors (Lipinski definition) is 5. The number of alkyl halides is 1. The van der Waals surface area contributed by atoms with Crippen molar-refractivity contribution < 1.29 is 4.39 Å². The van der Waals surface area contributed by atoms with E-state index in [4.69, 9.17) is 9.98 Å². The number of halogens is 1. The molecule has 7 heteroatoms. The summed E-state index contributed by atoms with van der Waals surface area (Å²) >= 11 is 0. The van der Waals surface area contributed by atoms with Crippen LogP contribution in [0.15, 0.2) is 82.6 Å². The van der Waals surface area contributed by atoms with Gasteiger partial charge in [0.1, 0.15) is 6.17 Å². The number of nitrogens with one attached hydrogen (secondary N) is 1. The van der Waals surface area contributed by atoms with Crippen LogP contribution in [0.1, 0.15) is 54.0 Å². The molecule has 0 spiro atoms. The molecule has 2 aliphatic rings. The summed E-state index contributed by atoms with van der Waals surface area (Å²) in [7, 11) is 0. The SMILES string of the molecule is C/C=C\C(=C/N=C(C)C)Nc1cc2nc3cc(C#N)ccc3n(C(/C=C\C(C)F)=C/C)c-2cc1=NC(C)C. The van der Waals surface area contributed by atoms with Crippen LogP contribution >= 0.6 is 0 Å². The first-order valence-corrected chi connectivity index (χ1v) is 12.7. The molecule has 1 aliphatic carbocycles. The molecule has 0 bridgehead atoms. The molecular weight excluding hydrogens is 475 g/mol. The molecule has 1 unspecified atom stereocenters. The first-order chi connectivity index (χ1) is 18.2. The van der Waals surface area contributed by atoms with Gasteiger partial charge in [-0.2, -0.15) is 5.26 Å². The summed E-state index contributed by atoms with van der Waals surface area (Å²) < 4.78 is 15.8. The third-order valence-electron chi connectivity index (χ3n) is 5.49. The lowest BCUT2D eigenvalue weighted by Crippen LogP contribution is -2.18. The van der Waals surface area contributed by atoms with Crippen LogP contribution in [0.4, 0.5) is 10.1 Å². The van der Waals surface area contributed by atoms with Gasteiger partial charge in [-0.1, -0.05) is 12.2 Å². The number of benzene rings is 2. The van der Waals surface area contributed by atoms with Crippen LogP contribution in [-0.2, 0) is 0 Å². The van der Waals surface area contributed by atoms with Gasteiger partial charge in [-0.25, -0.2) is 9.37 Å². The zero-order valence-corrected chi connectivity index (χ0v) is 23.1. The number of rotatable bonds is 8. The highest BCUT2D eigenvalue weighted by atomic mass is 19.1. The zero-order valence-electron chi connectivity index (χ0n) is 23.1. The highest BCUT2D eigenvalue weighted by molar-refractivity contribution is 5.88. The average molecular weight is 511 g/mol. The lowest BCUT2D eigenvalue weighted by molar-refractivity contribution is 0.430. The maximum Gasteiger partial charge on any atom is 0.116 e. The summed E-state index contributed by atoms with van der Waals surface area (Å²) in [6.07, 6.45) is 9.80. The van der Waals surface area contributed by atoms with Crippen molar-refractivity contribution in [3.63, 3.8) is 0 Å². The molecule has 196 valence electrons. The van der Waals surface area contributed by atoms with Crippen LogP contribution in [-0.4, -0.2) is 27.5 Å². The fourth-order valence-corrected chi connectivity index (χ4v) is 3.91. The molecule has 1 N–H and O–H groups in total. The van der Waals surface area contributed by atoms with Gasteiger partial charge >= 0.3 is 0 Å². The molecular formula is C31H35FN6. The minimum absolute atomic E-state index is 0.0478. The normalized spacial score (nSPS) is 14.2. The molecule has 1 aliphatic heterocycles. The van der Waals surface area contributed by atoms with E-state index < -0.39 is 6.17 Å². The summed E-state index contributed by atoms with van der Waals surface area (Å²) in [5.74, 6) is 0. The summed E-state index contributed by atoms with van der Waals surface area (Å²) in [4.78, 5) is 14.3. The second-order valence-electron chi connectivity index (χ2n) is 9.38. The second kappa shape index (κ2) is 12.8. The fraction of sp³-hybridized carbons (Fsp3) is 0.290. The molecule has 0 fully saturated rings. The smallest absolute Gasteiger partial charge is 0.116 e. The third-order valence-corrected chi connectivity index (χ3v) is 5.49. The van der Waals surface area contributed by atoms with Crippen LogP contribution in [0.3, 0.4) is 0 Å². The van der Waals surface area contributed by atoms with E-state index in [2.05, 4.69) is 16.4 Å². The van der Waals surface area contributed by atoms with Crippen LogP contribution in [0.5, 0.6) is 0 Å². The van der Waals surface area contributed by atoms with E-state index >= 15 is 0 Å². The summed E-state index contributed by atoms with van der Waals surface area (Å²) in [6.45, 7) is 13.3. The third kappa shape index (κ3) is 6.92. The van der Waals surface area contributed by atoms with Gasteiger partial charge in [0.15, 0.2) is 0 Å². The highest BCUT2D eigenvalue weighted by Crippen LogP contribution is 2.31. The number of aromatic nitrogens is 2. The van der Waals surface area contributed by atoms with Crippen molar-refractivity contribution in [2.45, 2.75) is 60.7 Å². The van der Waals surface area contributed by atoms with Crippen molar-refractivity contribution in [3.05, 3.63) is 83.5 Å². The van der Waals surface area contributed by atoms with Crippen LogP contribution in [0, 0.1) is 11.3 Å². The van der Waals surface area contributed by atoms with Crippen molar-refractivity contribution in [2.24, 2.45) is 9.98 Å². The zero-order chi connectivity index (χ0) is 27.8. The van der Waals surface area contributed by atoms with Gasteiger partial charge in [0.2, 0.25) is 0 Å². The van der Waals surface area contributed by atoms with Gasteiger partial charge in [-0.05, 0) is 97.0 Å². The van der Waals surface area contributed by atoms with E-state index in [-0.39, 0.29) is 6.04 Å². The lowest BCUT2D eigenvalue weighted by atomic mass is 10.1. The van der Waals surface area contributed by atoms with E-state index in [1.165, 1.54) is 13.0 Å². The Hall–Kier alpha value is -4.31. The van der Waals surface area contributed by atoms with Crippen molar-refractivity contribution in [3.8, 4) is 17.5 Å². The van der Waals surface area contributed by atoms with E-state index in [0.29, 0.717) is 16.8 Å². The minimum atomic E-state index is -1.09. The van der Waals surface area contributed by atoms with Gasteiger partial charge in [0.25, 0.3) is 0 Å². The van der Waals surface area contributed by atoms with Gasteiger partial charge in [0, 0.05) is 17.5 Å². The van der Waals surface area contributed by atoms with E-state index in [1.807, 2.05) is 82.5 Å². The van der Waals surface area contributed by atoms with Crippen LogP contribution in [0.2, 0.25) is 0 Å². The Bertz CT molecular complexity index is 1540. The Kier molecular flexibility index (Phi) is 9.50. The van der Waals surface area contributed by atoms with Crippen molar-refractivity contribution in [2.75, 3.05) is 5.32 Å². The maximum absolute atomic E-state index is 13.8. The van der Waals surface area contributed by atoms with Gasteiger partial charge < -0.3 is 9.88 Å². The quantitative estimate of drug-likeness (QED) is 0.195. The standard InChI is InChI=1S/C31H35FN6/c1-8-10-24(19-34-20(3)4)36-26-16-29-31(17-27(26)35-21(5)6)38(25(9-2)13-11-22(7)32)30-14-12-23(18-33)15-28(30)37-29/h8-17,19,21-22,36H,1-7H3/b10-8-,13-11-,24-19+,25-9+,35-27?. The first-order valence-electron chi connectivity index (χ1n) is 12.7. The number of nitriles is 1. The molecule has 1 aromatic rings. The number of anilines is 1. The predicted octanol–water partition coefficient (Wildman–Crippen LogP) is 7.41. The maximum atomic E-state index is 13.8. The molecule has 1 aromatic carbocycles. The van der Waals surface area contributed by atoms with E-state index in [9.17, 15) is 9.65 Å². The topological polar surface area (TPSA) is 78.4 Å². The molecule has 0 aromatic heterocycles. The van der Waals surface area contributed by atoms with E-state index in [1.54, 1.807) is 24.4 Å². The number of hydrogen-bond donors (Lipinski definition) is 1. The monoisotopic (exact) mass is 510 g/mol. The Labute approximate surface area is 224 Å². The summed E-state index contributed by atoms with van der Waals surface area (Å²) in [6, 6.07) is 11.6. The number of allylic oxidation sites excluding steroid dienone is 6. The van der Waals surface area contributed by atoms with Crippen molar-refractivity contribution in [1.82, 2.24) is 9.55 Å². The molecule has 1 heterocycles. The Morgan fingerprint density at radius 1 is 1.13 bits per heavy atom. The molecule has 1 atom stereocenters. The molecule has 0 saturated carbocycles. The fourth-order valence-electron chi connectivity index (χ4n) is 3.91. The van der Waals surface area contributed by atoms with Gasteiger partial charge in [-0.3, -0.25) is 9.98 Å². The summed E-state index contributed by atoms with van der Waals surface area (Å²) in [5, 5.41) is 13.7. The Morgan fingerprint density at radius 2 is 1.89 bits per heavy atom. The molecule has 0 amide bonds. The first kappa shape index (κ1) is 28.3. The molecule has 6 nitrogen and oxygen atoms in total. The molecule has 3 rings (SSSR count). The number of aliphatic imine (C=N–C) groups is 1. The number of nitrogens with zero attached hydrogens (tertiary/aromatic N) is 5. The van der Waals surface area contributed by atoms with Crippen molar-refractivity contribution in [1.29, 1.82) is 5.26 Å². The van der Waals surface area contributed by atoms with E-state index in [0.717, 1.165) is 39.4 Å². The van der Waals surface area contributed by atoms with Gasteiger partial charge in [-0.15, -0.1) is 0 Å². The summed E-state index contributed by atoms with van der Waals surface area (Å²) in [5.41, 5.74) is 6.82. The Balaban J connectivity index is 2.43. The highest BCUT2D eigenvalue weighted by Gasteiger charge is 2.18. The molecule has 0 saturated heterocycles. The lowest BCUT2D eigenvalue weighted by Gasteiger charge is -2.21. The molecule has 38 heavy (non-hydrogen) atoms. The number of fused-ring (bicyclic) bond motifs is 2. The van der Waals surface area contributed by atoms with Crippen LogP contribution in [0.25, 0.3) is 28.1 Å². The van der Waals surface area contributed by atoms with Crippen LogP contribution < -0.4 is 10.7 Å². The largest absolute Gasteiger partial charge is 0.352 e. The minimum Gasteiger partial charge on any atom is -0.352 e. The Morgan fingerprint density at radius 3 is 2.50 bits per heavy atom. The predicted molar refractivity (Wildman–Crippen MR) is 157 cm³/mol. The van der Waals surface area contributed by atoms with Crippen molar-refractivity contribution >= 4 is 28.1 Å². The molecule has 0 radical (unpaired) electrons. The second-order valence-corrected chi connectivity index (χ2v) is 9.38. The van der Waals surface area contributed by atoms with Gasteiger partial charge in [0.05, 0.1) is 57.0 Å². The average Bonchev–Trinajstić information content (AvgIpc) is 2.86.